The van der Waals surface area contributed by atoms with Gasteiger partial charge in [-0.3, -0.25) is 0 Å². The van der Waals surface area contributed by atoms with Crippen molar-refractivity contribution in [1.82, 2.24) is 0 Å². The first-order chi connectivity index (χ1) is 16.0. The van der Waals surface area contributed by atoms with Crippen molar-refractivity contribution in [2.24, 2.45) is 0 Å². The number of unbranched alkanes of at least 4 members (excludes halogenated alkanes) is 7. The number of hydrogen-bond acceptors (Lipinski definition) is 6. The van der Waals surface area contributed by atoms with Gasteiger partial charge in [-0.05, 0) is 32.1 Å². The predicted octanol–water partition coefficient (Wildman–Crippen LogP) is 7.50. The molecule has 1 rings (SSSR count). The Kier molecular flexibility index (Phi) is 15.0. The Morgan fingerprint density at radius 1 is 0.636 bits per heavy atom. The summed E-state index contributed by atoms with van der Waals surface area (Å²) in [5, 5.41) is 20.3. The van der Waals surface area contributed by atoms with E-state index >= 15 is 0 Å². The van der Waals surface area contributed by atoms with Crippen LogP contribution in [0, 0.1) is 0 Å². The molecule has 0 heterocycles. The van der Waals surface area contributed by atoms with Crippen LogP contribution < -0.4 is 18.9 Å². The standard InChI is InChI=1S/C26H44O7/c1-5-9-10-11-12-13-14-15-16-20-22(33-26(28)29)21(27)24(31-18-7-3)25(32-19-8-4)23(20)30-17-6-2/h27H,5-19H2,1-4H3,(H,28,29). The predicted molar refractivity (Wildman–Crippen MR) is 130 cm³/mol. The van der Waals surface area contributed by atoms with Gasteiger partial charge in [0, 0.05) is 5.56 Å². The molecule has 33 heavy (non-hydrogen) atoms. The Bertz CT molecular complexity index is 688. The lowest BCUT2D eigenvalue weighted by atomic mass is 10.0. The quantitative estimate of drug-likeness (QED) is 0.123. The Labute approximate surface area is 199 Å². The van der Waals surface area contributed by atoms with Crippen LogP contribution in [0.5, 0.6) is 28.7 Å². The van der Waals surface area contributed by atoms with Crippen LogP contribution in [0.3, 0.4) is 0 Å². The largest absolute Gasteiger partial charge is 0.511 e. The molecule has 1 aromatic carbocycles. The van der Waals surface area contributed by atoms with Crippen LogP contribution in [0.2, 0.25) is 0 Å². The number of ether oxygens (including phenoxy) is 4. The molecule has 190 valence electrons. The lowest BCUT2D eigenvalue weighted by molar-refractivity contribution is 0.141. The third kappa shape index (κ3) is 10.0. The summed E-state index contributed by atoms with van der Waals surface area (Å²) < 4.78 is 22.8. The van der Waals surface area contributed by atoms with Crippen molar-refractivity contribution in [2.75, 3.05) is 19.8 Å². The topological polar surface area (TPSA) is 94.5 Å². The Morgan fingerprint density at radius 3 is 1.64 bits per heavy atom. The van der Waals surface area contributed by atoms with E-state index in [0.717, 1.165) is 32.1 Å². The molecule has 0 aliphatic heterocycles. The number of aromatic hydroxyl groups is 1. The lowest BCUT2D eigenvalue weighted by Crippen LogP contribution is -2.12. The van der Waals surface area contributed by atoms with E-state index in [-0.39, 0.29) is 17.2 Å². The molecule has 0 unspecified atom stereocenters. The fourth-order valence-electron chi connectivity index (χ4n) is 3.59. The SMILES string of the molecule is CCCCCCCCCCc1c(OC(=O)O)c(O)c(OCCC)c(OCCC)c1OCCC. The van der Waals surface area contributed by atoms with Crippen LogP contribution >= 0.6 is 0 Å². The van der Waals surface area contributed by atoms with Crippen molar-refractivity contribution < 1.29 is 34.0 Å². The van der Waals surface area contributed by atoms with E-state index in [9.17, 15) is 15.0 Å². The van der Waals surface area contributed by atoms with Crippen molar-refractivity contribution in [3.05, 3.63) is 5.56 Å². The van der Waals surface area contributed by atoms with Crippen molar-refractivity contribution in [2.45, 2.75) is 105 Å². The number of benzene rings is 1. The zero-order valence-electron chi connectivity index (χ0n) is 21.0. The molecule has 0 bridgehead atoms. The van der Waals surface area contributed by atoms with Gasteiger partial charge in [0.25, 0.3) is 0 Å². The summed E-state index contributed by atoms with van der Waals surface area (Å²) in [6, 6.07) is 0. The average Bonchev–Trinajstić information content (AvgIpc) is 2.79. The zero-order valence-corrected chi connectivity index (χ0v) is 21.0. The molecule has 0 aromatic heterocycles. The normalized spacial score (nSPS) is 10.8. The second-order valence-corrected chi connectivity index (χ2v) is 8.28. The van der Waals surface area contributed by atoms with E-state index in [2.05, 4.69) is 6.92 Å². The molecule has 0 radical (unpaired) electrons. The van der Waals surface area contributed by atoms with Gasteiger partial charge in [-0.15, -0.1) is 0 Å². The molecule has 0 aliphatic carbocycles. The molecular weight excluding hydrogens is 424 g/mol. The van der Waals surface area contributed by atoms with E-state index in [0.29, 0.717) is 49.7 Å². The highest BCUT2D eigenvalue weighted by molar-refractivity contribution is 5.73. The molecule has 7 heteroatoms. The molecule has 0 fully saturated rings. The van der Waals surface area contributed by atoms with Crippen LogP contribution in [0.25, 0.3) is 0 Å². The monoisotopic (exact) mass is 468 g/mol. The van der Waals surface area contributed by atoms with Gasteiger partial charge < -0.3 is 29.2 Å². The molecule has 0 saturated heterocycles. The van der Waals surface area contributed by atoms with Crippen LogP contribution in [0.1, 0.15) is 104 Å². The number of phenolic OH excluding ortho intramolecular Hbond substituents is 1. The average molecular weight is 469 g/mol. The highest BCUT2D eigenvalue weighted by Crippen LogP contribution is 2.54. The van der Waals surface area contributed by atoms with Gasteiger partial charge in [0.15, 0.2) is 11.5 Å². The highest BCUT2D eigenvalue weighted by atomic mass is 16.7. The number of hydrogen-bond donors (Lipinski definition) is 2. The van der Waals surface area contributed by atoms with Crippen LogP contribution in [-0.2, 0) is 6.42 Å². The number of carboxylic acid groups (broad SMARTS) is 1. The van der Waals surface area contributed by atoms with E-state index < -0.39 is 6.16 Å². The zero-order chi connectivity index (χ0) is 24.5. The van der Waals surface area contributed by atoms with E-state index in [1.807, 2.05) is 20.8 Å². The molecule has 7 nitrogen and oxygen atoms in total. The van der Waals surface area contributed by atoms with Gasteiger partial charge in [-0.1, -0.05) is 72.6 Å². The highest BCUT2D eigenvalue weighted by Gasteiger charge is 2.30. The third-order valence-corrected chi connectivity index (χ3v) is 5.21. The summed E-state index contributed by atoms with van der Waals surface area (Å²) in [6.07, 6.45) is 10.4. The van der Waals surface area contributed by atoms with Gasteiger partial charge in [0.2, 0.25) is 17.2 Å². The summed E-state index contributed by atoms with van der Waals surface area (Å²) in [7, 11) is 0. The van der Waals surface area contributed by atoms with Crippen molar-refractivity contribution in [1.29, 1.82) is 0 Å². The van der Waals surface area contributed by atoms with Gasteiger partial charge >= 0.3 is 6.16 Å². The minimum absolute atomic E-state index is 0.0762. The first kappa shape index (κ1) is 28.7. The maximum absolute atomic E-state index is 11.4. The molecule has 0 amide bonds. The first-order valence-electron chi connectivity index (χ1n) is 12.7. The minimum Gasteiger partial charge on any atom is -0.502 e. The van der Waals surface area contributed by atoms with E-state index in [1.54, 1.807) is 0 Å². The van der Waals surface area contributed by atoms with Crippen LogP contribution in [0.15, 0.2) is 0 Å². The van der Waals surface area contributed by atoms with Crippen molar-refractivity contribution in [3.63, 3.8) is 0 Å². The summed E-state index contributed by atoms with van der Waals surface area (Å²) >= 11 is 0. The second-order valence-electron chi connectivity index (χ2n) is 8.28. The Balaban J connectivity index is 3.25. The van der Waals surface area contributed by atoms with Gasteiger partial charge in [0.1, 0.15) is 0 Å². The van der Waals surface area contributed by atoms with Crippen LogP contribution in [0.4, 0.5) is 4.79 Å². The smallest absolute Gasteiger partial charge is 0.502 e. The number of rotatable bonds is 19. The first-order valence-corrected chi connectivity index (χ1v) is 12.7. The minimum atomic E-state index is -1.49. The fourth-order valence-corrected chi connectivity index (χ4v) is 3.59. The van der Waals surface area contributed by atoms with Gasteiger partial charge in [-0.2, -0.15) is 0 Å². The van der Waals surface area contributed by atoms with Crippen LogP contribution in [-0.4, -0.2) is 36.2 Å². The molecular formula is C26H44O7. The summed E-state index contributed by atoms with van der Waals surface area (Å²) in [4.78, 5) is 11.4. The molecule has 2 N–H and O–H groups in total. The second kappa shape index (κ2) is 17.2. The van der Waals surface area contributed by atoms with Gasteiger partial charge in [-0.25, -0.2) is 4.79 Å². The molecule has 0 atom stereocenters. The maximum atomic E-state index is 11.4. The Morgan fingerprint density at radius 2 is 1.12 bits per heavy atom. The number of carbonyl (C=O) groups is 1. The molecule has 0 spiro atoms. The maximum Gasteiger partial charge on any atom is 0.511 e. The fraction of sp³-hybridized carbons (Fsp3) is 0.731. The molecule has 0 aliphatic rings. The summed E-state index contributed by atoms with van der Waals surface area (Å²) in [6.45, 7) is 9.33. The van der Waals surface area contributed by atoms with E-state index in [1.165, 1.54) is 32.1 Å². The number of phenols is 1. The van der Waals surface area contributed by atoms with Crippen molar-refractivity contribution >= 4 is 6.16 Å². The Hall–Kier alpha value is -2.31. The molecule has 0 saturated carbocycles. The van der Waals surface area contributed by atoms with Crippen molar-refractivity contribution in [3.8, 4) is 28.7 Å². The van der Waals surface area contributed by atoms with E-state index in [4.69, 9.17) is 18.9 Å². The van der Waals surface area contributed by atoms with Gasteiger partial charge in [0.05, 0.1) is 19.8 Å². The summed E-state index contributed by atoms with van der Waals surface area (Å²) in [5.41, 5.74) is 0.518. The lowest BCUT2D eigenvalue weighted by Gasteiger charge is -2.23. The summed E-state index contributed by atoms with van der Waals surface area (Å²) in [5.74, 6) is 0.339. The third-order valence-electron chi connectivity index (χ3n) is 5.21. The molecule has 1 aromatic rings.